The highest BCUT2D eigenvalue weighted by molar-refractivity contribution is 7.19. The van der Waals surface area contributed by atoms with Crippen LogP contribution in [0.3, 0.4) is 0 Å². The summed E-state index contributed by atoms with van der Waals surface area (Å²) >= 11 is 7.33. The molecule has 38 heavy (non-hydrogen) atoms. The molecule has 1 unspecified atom stereocenters. The van der Waals surface area contributed by atoms with Gasteiger partial charge in [0.2, 0.25) is 0 Å². The van der Waals surface area contributed by atoms with Crippen LogP contribution in [0.4, 0.5) is 17.6 Å². The number of ether oxygens (including phenoxy) is 3. The predicted molar refractivity (Wildman–Crippen MR) is 139 cm³/mol. The highest BCUT2D eigenvalue weighted by Crippen LogP contribution is 2.49. The number of methoxy groups -OCH3 is 2. The third kappa shape index (κ3) is 6.26. The van der Waals surface area contributed by atoms with Crippen LogP contribution in [-0.4, -0.2) is 26.4 Å². The number of thiophene rings is 1. The Hall–Kier alpha value is -2.78. The third-order valence-corrected chi connectivity index (χ3v) is 8.34. The largest absolute Gasteiger partial charge is 0.497 e. The Morgan fingerprint density at radius 2 is 1.87 bits per heavy atom. The van der Waals surface area contributed by atoms with Crippen LogP contribution < -0.4 is 9.47 Å². The minimum atomic E-state index is -4.59. The van der Waals surface area contributed by atoms with Gasteiger partial charge in [0.15, 0.2) is 0 Å². The van der Waals surface area contributed by atoms with Crippen LogP contribution in [0, 0.1) is 11.7 Å². The predicted octanol–water partition coefficient (Wildman–Crippen LogP) is 8.52. The topological polar surface area (TPSA) is 44.8 Å². The van der Waals surface area contributed by atoms with Crippen molar-refractivity contribution in [3.8, 4) is 21.9 Å². The van der Waals surface area contributed by atoms with Crippen LogP contribution in [0.1, 0.15) is 54.7 Å². The van der Waals surface area contributed by atoms with Crippen molar-refractivity contribution in [1.82, 2.24) is 0 Å². The molecule has 0 radical (unpaired) electrons. The molecule has 0 N–H and O–H groups in total. The molecule has 1 aliphatic carbocycles. The monoisotopic (exact) mass is 570 g/mol. The molecule has 3 aromatic rings. The van der Waals surface area contributed by atoms with Gasteiger partial charge in [0.25, 0.3) is 0 Å². The van der Waals surface area contributed by atoms with Crippen LogP contribution in [0.5, 0.6) is 11.5 Å². The highest BCUT2D eigenvalue weighted by Gasteiger charge is 2.41. The van der Waals surface area contributed by atoms with Gasteiger partial charge in [-0.2, -0.15) is 13.2 Å². The smallest absolute Gasteiger partial charge is 0.395 e. The van der Waals surface area contributed by atoms with Gasteiger partial charge in [0, 0.05) is 16.0 Å². The fourth-order valence-corrected chi connectivity index (χ4v) is 6.05. The van der Waals surface area contributed by atoms with Crippen molar-refractivity contribution in [2.75, 3.05) is 14.2 Å². The van der Waals surface area contributed by atoms with Crippen LogP contribution in [-0.2, 0) is 16.1 Å². The lowest BCUT2D eigenvalue weighted by Gasteiger charge is -2.20. The number of carbonyl (C=O) groups excluding carboxylic acids is 1. The maximum absolute atomic E-state index is 14.8. The number of rotatable bonds is 10. The lowest BCUT2D eigenvalue weighted by molar-refractivity contribution is -0.146. The number of carbonyl (C=O) groups is 1. The number of hydrogen-bond acceptors (Lipinski definition) is 5. The third-order valence-electron chi connectivity index (χ3n) is 6.82. The molecule has 0 saturated heterocycles. The Kier molecular flexibility index (Phi) is 8.57. The zero-order valence-electron chi connectivity index (χ0n) is 21.0. The lowest BCUT2D eigenvalue weighted by Crippen LogP contribution is -2.19. The van der Waals surface area contributed by atoms with Gasteiger partial charge in [0.1, 0.15) is 28.3 Å². The van der Waals surface area contributed by atoms with E-state index in [1.165, 1.54) is 26.4 Å². The number of esters is 1. The Morgan fingerprint density at radius 1 is 1.13 bits per heavy atom. The van der Waals surface area contributed by atoms with E-state index in [9.17, 15) is 22.4 Å². The molecule has 1 aromatic heterocycles. The first-order valence-electron chi connectivity index (χ1n) is 12.0. The summed E-state index contributed by atoms with van der Waals surface area (Å²) in [5, 5.41) is 0. The summed E-state index contributed by atoms with van der Waals surface area (Å²) in [4.78, 5) is 12.0. The van der Waals surface area contributed by atoms with E-state index < -0.39 is 17.9 Å². The van der Waals surface area contributed by atoms with E-state index in [0.29, 0.717) is 17.4 Å². The summed E-state index contributed by atoms with van der Waals surface area (Å²) in [6.45, 7) is 0.780. The second-order valence-electron chi connectivity index (χ2n) is 9.29. The van der Waals surface area contributed by atoms with E-state index in [1.54, 1.807) is 18.2 Å². The zero-order valence-corrected chi connectivity index (χ0v) is 22.6. The summed E-state index contributed by atoms with van der Waals surface area (Å²) in [7, 11) is 2.74. The average Bonchev–Trinajstić information content (AvgIpc) is 3.68. The molecule has 1 fully saturated rings. The maximum Gasteiger partial charge on any atom is 0.395 e. The molecule has 0 bridgehead atoms. The first kappa shape index (κ1) is 28.2. The van der Waals surface area contributed by atoms with Gasteiger partial charge >= 0.3 is 12.1 Å². The molecule has 0 aliphatic heterocycles. The van der Waals surface area contributed by atoms with Crippen molar-refractivity contribution in [3.05, 3.63) is 69.3 Å². The van der Waals surface area contributed by atoms with Crippen molar-refractivity contribution >= 4 is 28.9 Å². The molecular formula is C28H27ClF4O4S. The maximum atomic E-state index is 14.8. The summed E-state index contributed by atoms with van der Waals surface area (Å²) < 4.78 is 72.7. The van der Waals surface area contributed by atoms with Crippen molar-refractivity contribution in [1.29, 1.82) is 0 Å². The van der Waals surface area contributed by atoms with Crippen LogP contribution >= 0.6 is 22.9 Å². The molecule has 2 atom stereocenters. The molecule has 0 spiro atoms. The Labute approximate surface area is 227 Å². The van der Waals surface area contributed by atoms with Gasteiger partial charge in [-0.15, -0.1) is 11.3 Å². The second-order valence-corrected chi connectivity index (χ2v) is 10.9. The molecule has 1 aliphatic rings. The molecule has 10 heteroatoms. The number of hydrogen-bond donors (Lipinski definition) is 0. The first-order chi connectivity index (χ1) is 18.0. The first-order valence-corrected chi connectivity index (χ1v) is 13.2. The lowest BCUT2D eigenvalue weighted by atomic mass is 9.91. The summed E-state index contributed by atoms with van der Waals surface area (Å²) in [5.74, 6) is -1.83. The fraction of sp³-hybridized carbons (Fsp3) is 0.393. The summed E-state index contributed by atoms with van der Waals surface area (Å²) in [6.07, 6.45) is -2.32. The van der Waals surface area contributed by atoms with E-state index in [-0.39, 0.29) is 50.8 Å². The van der Waals surface area contributed by atoms with E-state index in [2.05, 4.69) is 0 Å². The molecule has 4 rings (SSSR count). The van der Waals surface area contributed by atoms with Crippen molar-refractivity contribution in [2.45, 2.75) is 50.8 Å². The molecule has 0 amide bonds. The van der Waals surface area contributed by atoms with Crippen LogP contribution in [0.25, 0.3) is 10.4 Å². The van der Waals surface area contributed by atoms with Crippen molar-refractivity contribution < 1.29 is 36.6 Å². The minimum Gasteiger partial charge on any atom is -0.497 e. The average molecular weight is 571 g/mol. The van der Waals surface area contributed by atoms with Gasteiger partial charge in [-0.05, 0) is 73.1 Å². The second kappa shape index (κ2) is 11.5. The van der Waals surface area contributed by atoms with Crippen LogP contribution in [0.2, 0.25) is 4.34 Å². The molecule has 204 valence electrons. The van der Waals surface area contributed by atoms with Crippen LogP contribution in [0.15, 0.2) is 42.5 Å². The number of alkyl halides is 3. The SMILES string of the molecule is COC(=O)C[C@H](c1cccc(OCc2c(Cl)sc(-c3cc(OC)ccc3F)c2C(C)C(F)(F)F)c1)C1CC1. The van der Waals surface area contributed by atoms with Gasteiger partial charge in [0.05, 0.1) is 26.6 Å². The minimum absolute atomic E-state index is 0.0225. The van der Waals surface area contributed by atoms with Gasteiger partial charge in [-0.3, -0.25) is 4.79 Å². The molecule has 1 saturated carbocycles. The van der Waals surface area contributed by atoms with Gasteiger partial charge in [-0.25, -0.2) is 4.39 Å². The van der Waals surface area contributed by atoms with Crippen molar-refractivity contribution in [3.63, 3.8) is 0 Å². The fourth-order valence-electron chi connectivity index (χ4n) is 4.52. The Morgan fingerprint density at radius 3 is 2.50 bits per heavy atom. The van der Waals surface area contributed by atoms with E-state index >= 15 is 0 Å². The Bertz CT molecular complexity index is 1300. The molecular weight excluding hydrogens is 544 g/mol. The van der Waals surface area contributed by atoms with Crippen molar-refractivity contribution in [2.24, 2.45) is 5.92 Å². The van der Waals surface area contributed by atoms with E-state index in [0.717, 1.165) is 42.7 Å². The summed E-state index contributed by atoms with van der Waals surface area (Å²) in [5.41, 5.74) is 0.898. The van der Waals surface area contributed by atoms with E-state index in [4.69, 9.17) is 25.8 Å². The highest BCUT2D eigenvalue weighted by atomic mass is 35.5. The van der Waals surface area contributed by atoms with E-state index in [1.807, 2.05) is 6.07 Å². The van der Waals surface area contributed by atoms with Gasteiger partial charge in [-0.1, -0.05) is 23.7 Å². The standard InChI is InChI=1S/C28H27ClF4O4S/c1-15(28(31,32)33)25-22(27(29)38-26(25)21-12-18(35-2)9-10-23(21)30)14-37-19-6-4-5-17(11-19)20(16-7-8-16)13-24(34)36-3/h4-6,9-12,15-16,20H,7-8,13-14H2,1-3H3/t15?,20-/m0/s1. The summed E-state index contributed by atoms with van der Waals surface area (Å²) in [6, 6.07) is 11.1. The normalized spacial score (nSPS) is 15.2. The molecule has 2 aromatic carbocycles. The number of halogens is 5. The quantitative estimate of drug-likeness (QED) is 0.181. The molecule has 1 heterocycles. The van der Waals surface area contributed by atoms with Gasteiger partial charge < -0.3 is 14.2 Å². The number of benzene rings is 2. The molecule has 4 nitrogen and oxygen atoms in total. The zero-order chi connectivity index (χ0) is 27.6. The Balaban J connectivity index is 1.68.